The number of hydrogen-bond acceptors (Lipinski definition) is 4. The number of nitrogens with zero attached hydrogens (tertiary/aromatic N) is 1. The van der Waals surface area contributed by atoms with Crippen LogP contribution in [-0.2, 0) is 0 Å². The second-order valence-corrected chi connectivity index (χ2v) is 5.87. The van der Waals surface area contributed by atoms with Gasteiger partial charge < -0.3 is 5.32 Å². The van der Waals surface area contributed by atoms with E-state index in [-0.39, 0.29) is 0 Å². The van der Waals surface area contributed by atoms with E-state index in [1.807, 2.05) is 18.8 Å². The van der Waals surface area contributed by atoms with Crippen LogP contribution in [0.1, 0.15) is 0 Å². The van der Waals surface area contributed by atoms with Gasteiger partial charge in [0.1, 0.15) is 5.69 Å². The molecule has 3 heterocycles. The van der Waals surface area contributed by atoms with E-state index in [1.165, 1.54) is 25.7 Å². The smallest absolute Gasteiger partial charge is 0.112 e. The lowest BCUT2D eigenvalue weighted by atomic mass is 10.1. The summed E-state index contributed by atoms with van der Waals surface area (Å²) < 4.78 is 0. The fourth-order valence-electron chi connectivity index (χ4n) is 2.21. The van der Waals surface area contributed by atoms with Crippen molar-refractivity contribution in [2.75, 3.05) is 12.4 Å². The summed E-state index contributed by atoms with van der Waals surface area (Å²) in [6, 6.07) is 6.35. The number of anilines is 1. The van der Waals surface area contributed by atoms with Crippen molar-refractivity contribution in [2.24, 2.45) is 0 Å². The van der Waals surface area contributed by atoms with Crippen LogP contribution in [0.4, 0.5) is 5.69 Å². The van der Waals surface area contributed by atoms with Crippen molar-refractivity contribution in [3.05, 3.63) is 23.6 Å². The molecule has 0 fully saturated rings. The van der Waals surface area contributed by atoms with Gasteiger partial charge in [-0.25, -0.2) is 0 Å². The predicted octanol–water partition coefficient (Wildman–Crippen LogP) is 3.80. The van der Waals surface area contributed by atoms with Crippen LogP contribution < -0.4 is 5.32 Å². The van der Waals surface area contributed by atoms with Crippen molar-refractivity contribution >= 4 is 39.7 Å². The largest absolute Gasteiger partial charge is 0.387 e. The van der Waals surface area contributed by atoms with Crippen LogP contribution in [0.5, 0.6) is 0 Å². The third-order valence-corrected chi connectivity index (χ3v) is 5.25. The zero-order chi connectivity index (χ0) is 11.4. The van der Waals surface area contributed by atoms with Crippen molar-refractivity contribution in [3.8, 4) is 10.6 Å². The molecule has 0 spiro atoms. The SMILES string of the molecule is CNc1ccc2[nH]nc3c2c1Sc1ccsc1-3. The molecule has 0 atom stereocenters. The molecule has 0 bridgehead atoms. The van der Waals surface area contributed by atoms with Crippen LogP contribution in [0.3, 0.4) is 0 Å². The highest BCUT2D eigenvalue weighted by molar-refractivity contribution is 8.00. The number of H-pyrrole nitrogens is 1. The van der Waals surface area contributed by atoms with Crippen LogP contribution in [-0.4, -0.2) is 17.2 Å². The fourth-order valence-corrected chi connectivity index (χ4v) is 4.48. The van der Waals surface area contributed by atoms with Gasteiger partial charge in [-0.05, 0) is 23.6 Å². The molecule has 0 radical (unpaired) electrons. The average molecular weight is 259 g/mol. The molecule has 1 aliphatic heterocycles. The molecule has 5 heteroatoms. The van der Waals surface area contributed by atoms with Gasteiger partial charge in [0.2, 0.25) is 0 Å². The lowest BCUT2D eigenvalue weighted by Crippen LogP contribution is -1.94. The number of benzene rings is 1. The third-order valence-electron chi connectivity index (χ3n) is 3.01. The minimum atomic E-state index is 1.09. The Labute approximate surface area is 106 Å². The number of aromatic amines is 1. The number of hydrogen-bond donors (Lipinski definition) is 2. The zero-order valence-corrected chi connectivity index (χ0v) is 10.7. The first-order valence-electron chi connectivity index (χ1n) is 5.33. The standard InChI is InChI=1S/C12H9N3S2/c1-13-7-3-2-6-9-10(15-14-6)12-8(4-5-16-12)17-11(7)9/h2-5,13H,1H3,(H,14,15). The van der Waals surface area contributed by atoms with Crippen molar-refractivity contribution < 1.29 is 0 Å². The Bertz CT molecular complexity index is 727. The molecule has 1 aliphatic rings. The summed E-state index contributed by atoms with van der Waals surface area (Å²) in [6.07, 6.45) is 0. The molecule has 0 amide bonds. The van der Waals surface area contributed by atoms with Crippen LogP contribution in [0.25, 0.3) is 21.5 Å². The van der Waals surface area contributed by atoms with Crippen molar-refractivity contribution in [3.63, 3.8) is 0 Å². The Kier molecular flexibility index (Phi) is 1.84. The summed E-state index contributed by atoms with van der Waals surface area (Å²) in [7, 11) is 1.96. The quantitative estimate of drug-likeness (QED) is 0.546. The molecule has 17 heavy (non-hydrogen) atoms. The van der Waals surface area contributed by atoms with E-state index >= 15 is 0 Å². The van der Waals surface area contributed by atoms with Crippen LogP contribution in [0.15, 0.2) is 33.4 Å². The highest BCUT2D eigenvalue weighted by atomic mass is 32.2. The molecular weight excluding hydrogens is 250 g/mol. The van der Waals surface area contributed by atoms with E-state index in [0.717, 1.165) is 11.2 Å². The summed E-state index contributed by atoms with van der Waals surface area (Å²) >= 11 is 3.58. The van der Waals surface area contributed by atoms with Crippen LogP contribution in [0, 0.1) is 0 Å². The van der Waals surface area contributed by atoms with Gasteiger partial charge >= 0.3 is 0 Å². The Hall–Kier alpha value is -1.46. The summed E-state index contributed by atoms with van der Waals surface area (Å²) in [5.74, 6) is 0. The van der Waals surface area contributed by atoms with Crippen molar-refractivity contribution in [1.29, 1.82) is 0 Å². The molecule has 2 N–H and O–H groups in total. The molecule has 0 unspecified atom stereocenters. The lowest BCUT2D eigenvalue weighted by molar-refractivity contribution is 1.12. The fraction of sp³-hybridized carbons (Fsp3) is 0.0833. The lowest BCUT2D eigenvalue weighted by Gasteiger charge is -2.15. The Balaban J connectivity index is 2.18. The Morgan fingerprint density at radius 3 is 3.12 bits per heavy atom. The van der Waals surface area contributed by atoms with E-state index in [0.29, 0.717) is 0 Å². The second-order valence-electron chi connectivity index (χ2n) is 3.90. The second kappa shape index (κ2) is 3.27. The molecule has 2 aromatic heterocycles. The van der Waals surface area contributed by atoms with Crippen molar-refractivity contribution in [1.82, 2.24) is 10.2 Å². The molecule has 3 aromatic rings. The molecule has 4 rings (SSSR count). The molecule has 0 saturated carbocycles. The minimum Gasteiger partial charge on any atom is -0.387 e. The number of fused-ring (bicyclic) bond motifs is 2. The van der Waals surface area contributed by atoms with E-state index < -0.39 is 0 Å². The Morgan fingerprint density at radius 2 is 2.24 bits per heavy atom. The van der Waals surface area contributed by atoms with Gasteiger partial charge in [-0.1, -0.05) is 11.8 Å². The maximum Gasteiger partial charge on any atom is 0.112 e. The molecule has 1 aromatic carbocycles. The van der Waals surface area contributed by atoms with Crippen molar-refractivity contribution in [2.45, 2.75) is 9.79 Å². The third kappa shape index (κ3) is 1.15. The van der Waals surface area contributed by atoms with E-state index in [1.54, 1.807) is 11.3 Å². The molecule has 3 nitrogen and oxygen atoms in total. The summed E-state index contributed by atoms with van der Waals surface area (Å²) in [5.41, 5.74) is 3.37. The monoisotopic (exact) mass is 259 g/mol. The summed E-state index contributed by atoms with van der Waals surface area (Å²) in [6.45, 7) is 0. The molecular formula is C12H9N3S2. The summed E-state index contributed by atoms with van der Waals surface area (Å²) in [4.78, 5) is 3.86. The number of rotatable bonds is 1. The first-order valence-corrected chi connectivity index (χ1v) is 7.02. The maximum absolute atomic E-state index is 4.46. The van der Waals surface area contributed by atoms with Crippen LogP contribution >= 0.6 is 23.1 Å². The predicted molar refractivity (Wildman–Crippen MR) is 73.1 cm³/mol. The minimum absolute atomic E-state index is 1.09. The van der Waals surface area contributed by atoms with Gasteiger partial charge in [-0.3, -0.25) is 5.10 Å². The number of thiophene rings is 1. The van der Waals surface area contributed by atoms with Gasteiger partial charge in [0.05, 0.1) is 10.4 Å². The maximum atomic E-state index is 4.46. The molecule has 0 aliphatic carbocycles. The first kappa shape index (κ1) is 9.56. The Morgan fingerprint density at radius 1 is 1.29 bits per heavy atom. The topological polar surface area (TPSA) is 40.7 Å². The van der Waals surface area contributed by atoms with Gasteiger partial charge in [0.25, 0.3) is 0 Å². The van der Waals surface area contributed by atoms with Gasteiger partial charge in [0.15, 0.2) is 0 Å². The number of aromatic nitrogens is 2. The van der Waals surface area contributed by atoms with Gasteiger partial charge in [0, 0.05) is 27.9 Å². The van der Waals surface area contributed by atoms with Gasteiger partial charge in [-0.2, -0.15) is 5.10 Å². The molecule has 84 valence electrons. The zero-order valence-electron chi connectivity index (χ0n) is 9.07. The summed E-state index contributed by atoms with van der Waals surface area (Å²) in [5, 5.41) is 14.2. The normalized spacial score (nSPS) is 12.8. The average Bonchev–Trinajstić information content (AvgIpc) is 2.96. The first-order chi connectivity index (χ1) is 8.38. The highest BCUT2D eigenvalue weighted by Crippen LogP contribution is 2.51. The van der Waals surface area contributed by atoms with Crippen LogP contribution in [0.2, 0.25) is 0 Å². The van der Waals surface area contributed by atoms with E-state index in [9.17, 15) is 0 Å². The number of nitrogens with one attached hydrogen (secondary N) is 2. The molecule has 0 saturated heterocycles. The van der Waals surface area contributed by atoms with E-state index in [2.05, 4.69) is 39.1 Å². The van der Waals surface area contributed by atoms with Gasteiger partial charge in [-0.15, -0.1) is 11.3 Å². The highest BCUT2D eigenvalue weighted by Gasteiger charge is 2.24. The van der Waals surface area contributed by atoms with E-state index in [4.69, 9.17) is 0 Å².